The Kier molecular flexibility index (Phi) is 9.76. The average Bonchev–Trinajstić information content (AvgIpc) is 3.06. The number of ether oxygens (including phenoxy) is 1. The first kappa shape index (κ1) is 20.7. The molecule has 0 saturated heterocycles. The molecule has 6 nitrogen and oxygen atoms in total. The van der Waals surface area contributed by atoms with Gasteiger partial charge < -0.3 is 20.3 Å². The second kappa shape index (κ2) is 11.3. The van der Waals surface area contributed by atoms with Gasteiger partial charge in [-0.25, -0.2) is 0 Å². The monoisotopic (exact) mass is 340 g/mol. The van der Waals surface area contributed by atoms with Crippen LogP contribution in [0.15, 0.2) is 4.99 Å². The van der Waals surface area contributed by atoms with Gasteiger partial charge in [0.2, 0.25) is 5.91 Å². The van der Waals surface area contributed by atoms with Gasteiger partial charge in [-0.15, -0.1) is 0 Å². The smallest absolute Gasteiger partial charge is 0.230 e. The Hall–Kier alpha value is -1.30. The number of aliphatic imine (C=N–C) groups is 1. The standard InChI is InChI=1S/C18H36N4O2/c1-5-6-13-24-14-9-12-20-17(19-2)21-15-18(10-7-8-11-18)16(23)22(3)4/h5-15H2,1-4H3,(H2,19,20,21). The van der Waals surface area contributed by atoms with E-state index >= 15 is 0 Å². The van der Waals surface area contributed by atoms with Crippen LogP contribution in [-0.4, -0.2) is 64.2 Å². The molecule has 0 aromatic heterocycles. The number of carbonyl (C=O) groups excluding carboxylic acids is 1. The molecule has 0 bridgehead atoms. The van der Waals surface area contributed by atoms with Gasteiger partial charge in [0.1, 0.15) is 0 Å². The molecule has 1 fully saturated rings. The molecule has 0 aromatic rings. The molecule has 2 N–H and O–H groups in total. The molecule has 0 spiro atoms. The predicted octanol–water partition coefficient (Wildman–Crippen LogP) is 2.01. The van der Waals surface area contributed by atoms with E-state index in [9.17, 15) is 4.79 Å². The van der Waals surface area contributed by atoms with Crippen LogP contribution in [0, 0.1) is 5.41 Å². The molecule has 1 saturated carbocycles. The minimum atomic E-state index is -0.273. The molecule has 0 heterocycles. The van der Waals surface area contributed by atoms with Crippen LogP contribution in [0.5, 0.6) is 0 Å². The molecule has 0 aromatic carbocycles. The molecule has 1 aliphatic rings. The third-order valence-electron chi connectivity index (χ3n) is 4.64. The molecule has 0 unspecified atom stereocenters. The van der Waals surface area contributed by atoms with E-state index < -0.39 is 0 Å². The van der Waals surface area contributed by atoms with Gasteiger partial charge in [0.15, 0.2) is 5.96 Å². The van der Waals surface area contributed by atoms with Gasteiger partial charge >= 0.3 is 0 Å². The highest BCUT2D eigenvalue weighted by atomic mass is 16.5. The lowest BCUT2D eigenvalue weighted by molar-refractivity contribution is -0.138. The number of rotatable bonds is 10. The number of hydrogen-bond acceptors (Lipinski definition) is 3. The highest BCUT2D eigenvalue weighted by Crippen LogP contribution is 2.38. The third kappa shape index (κ3) is 6.67. The first-order valence-corrected chi connectivity index (χ1v) is 9.30. The van der Waals surface area contributed by atoms with Crippen molar-refractivity contribution in [2.24, 2.45) is 10.4 Å². The van der Waals surface area contributed by atoms with Gasteiger partial charge in [-0.1, -0.05) is 26.2 Å². The Labute approximate surface area is 147 Å². The van der Waals surface area contributed by atoms with E-state index in [0.717, 1.165) is 64.2 Å². The van der Waals surface area contributed by atoms with E-state index in [-0.39, 0.29) is 11.3 Å². The third-order valence-corrected chi connectivity index (χ3v) is 4.64. The lowest BCUT2D eigenvalue weighted by atomic mass is 9.84. The largest absolute Gasteiger partial charge is 0.381 e. The summed E-state index contributed by atoms with van der Waals surface area (Å²) in [6, 6.07) is 0. The fourth-order valence-corrected chi connectivity index (χ4v) is 3.20. The number of hydrogen-bond donors (Lipinski definition) is 2. The van der Waals surface area contributed by atoms with Gasteiger partial charge in [0.25, 0.3) is 0 Å². The van der Waals surface area contributed by atoms with Gasteiger partial charge in [0.05, 0.1) is 5.41 Å². The summed E-state index contributed by atoms with van der Waals surface area (Å²) in [5.41, 5.74) is -0.273. The first-order valence-electron chi connectivity index (χ1n) is 9.30. The number of amides is 1. The van der Waals surface area contributed by atoms with Crippen molar-refractivity contribution in [2.45, 2.75) is 51.9 Å². The van der Waals surface area contributed by atoms with Gasteiger partial charge in [-0.2, -0.15) is 0 Å². The summed E-state index contributed by atoms with van der Waals surface area (Å²) < 4.78 is 5.55. The normalized spacial score (nSPS) is 16.9. The van der Waals surface area contributed by atoms with Crippen LogP contribution in [-0.2, 0) is 9.53 Å². The van der Waals surface area contributed by atoms with Crippen molar-refractivity contribution >= 4 is 11.9 Å². The highest BCUT2D eigenvalue weighted by Gasteiger charge is 2.42. The number of guanidine groups is 1. The molecule has 1 rings (SSSR count). The second-order valence-corrected chi connectivity index (χ2v) is 6.86. The summed E-state index contributed by atoms with van der Waals surface area (Å²) >= 11 is 0. The number of carbonyl (C=O) groups is 1. The number of nitrogens with zero attached hydrogens (tertiary/aromatic N) is 2. The summed E-state index contributed by atoms with van der Waals surface area (Å²) in [6.07, 6.45) is 7.41. The summed E-state index contributed by atoms with van der Waals surface area (Å²) in [4.78, 5) is 18.5. The van der Waals surface area contributed by atoms with Crippen molar-refractivity contribution < 1.29 is 9.53 Å². The van der Waals surface area contributed by atoms with E-state index in [1.807, 2.05) is 14.1 Å². The molecule has 0 aliphatic heterocycles. The maximum atomic E-state index is 12.6. The molecule has 140 valence electrons. The van der Waals surface area contributed by atoms with Crippen LogP contribution in [0.3, 0.4) is 0 Å². The van der Waals surface area contributed by atoms with E-state index in [1.54, 1.807) is 11.9 Å². The van der Waals surface area contributed by atoms with Crippen LogP contribution in [0.2, 0.25) is 0 Å². The zero-order valence-corrected chi connectivity index (χ0v) is 16.0. The lowest BCUT2D eigenvalue weighted by Crippen LogP contribution is -2.49. The molecule has 24 heavy (non-hydrogen) atoms. The fourth-order valence-electron chi connectivity index (χ4n) is 3.20. The van der Waals surface area contributed by atoms with Crippen LogP contribution in [0.25, 0.3) is 0 Å². The molecule has 1 aliphatic carbocycles. The zero-order valence-electron chi connectivity index (χ0n) is 16.0. The van der Waals surface area contributed by atoms with Crippen molar-refractivity contribution in [1.82, 2.24) is 15.5 Å². The van der Waals surface area contributed by atoms with Crippen molar-refractivity contribution in [3.8, 4) is 0 Å². The van der Waals surface area contributed by atoms with E-state index in [1.165, 1.54) is 6.42 Å². The molecular weight excluding hydrogens is 304 g/mol. The maximum Gasteiger partial charge on any atom is 0.230 e. The summed E-state index contributed by atoms with van der Waals surface area (Å²) in [5, 5.41) is 6.65. The van der Waals surface area contributed by atoms with Crippen molar-refractivity contribution in [3.05, 3.63) is 0 Å². The quantitative estimate of drug-likeness (QED) is 0.363. The molecule has 0 radical (unpaired) electrons. The Morgan fingerprint density at radius 2 is 1.83 bits per heavy atom. The van der Waals surface area contributed by atoms with E-state index in [0.29, 0.717) is 6.54 Å². The Bertz CT molecular complexity index is 390. The summed E-state index contributed by atoms with van der Waals surface area (Å²) in [5.74, 6) is 0.994. The maximum absolute atomic E-state index is 12.6. The van der Waals surface area contributed by atoms with Crippen molar-refractivity contribution in [1.29, 1.82) is 0 Å². The predicted molar refractivity (Wildman–Crippen MR) is 99.3 cm³/mol. The van der Waals surface area contributed by atoms with Gasteiger partial charge in [-0.05, 0) is 25.7 Å². The van der Waals surface area contributed by atoms with Gasteiger partial charge in [0, 0.05) is 47.4 Å². The highest BCUT2D eigenvalue weighted by molar-refractivity contribution is 5.85. The summed E-state index contributed by atoms with van der Waals surface area (Å²) in [7, 11) is 5.45. The molecule has 1 amide bonds. The Morgan fingerprint density at radius 3 is 2.42 bits per heavy atom. The van der Waals surface area contributed by atoms with Crippen LogP contribution in [0.1, 0.15) is 51.9 Å². The Morgan fingerprint density at radius 1 is 1.17 bits per heavy atom. The van der Waals surface area contributed by atoms with Crippen LogP contribution >= 0.6 is 0 Å². The zero-order chi connectivity index (χ0) is 17.8. The van der Waals surface area contributed by atoms with E-state index in [4.69, 9.17) is 4.74 Å². The van der Waals surface area contributed by atoms with Crippen molar-refractivity contribution in [2.75, 3.05) is 47.4 Å². The summed E-state index contributed by atoms with van der Waals surface area (Å²) in [6.45, 7) is 5.25. The van der Waals surface area contributed by atoms with E-state index in [2.05, 4.69) is 22.5 Å². The van der Waals surface area contributed by atoms with Crippen molar-refractivity contribution in [3.63, 3.8) is 0 Å². The number of unbranched alkanes of at least 4 members (excludes halogenated alkanes) is 1. The lowest BCUT2D eigenvalue weighted by Gasteiger charge is -2.31. The topological polar surface area (TPSA) is 66.0 Å². The first-order chi connectivity index (χ1) is 11.6. The number of nitrogens with one attached hydrogen (secondary N) is 2. The molecule has 6 heteroatoms. The minimum absolute atomic E-state index is 0.229. The van der Waals surface area contributed by atoms with Gasteiger partial charge in [-0.3, -0.25) is 9.79 Å². The fraction of sp³-hybridized carbons (Fsp3) is 0.889. The van der Waals surface area contributed by atoms with Crippen LogP contribution < -0.4 is 10.6 Å². The SMILES string of the molecule is CCCCOCCCNC(=NC)NCC1(C(=O)N(C)C)CCCC1. The molecular formula is C18H36N4O2. The minimum Gasteiger partial charge on any atom is -0.381 e. The Balaban J connectivity index is 2.33. The molecule has 0 atom stereocenters. The average molecular weight is 341 g/mol. The van der Waals surface area contributed by atoms with Crippen LogP contribution in [0.4, 0.5) is 0 Å². The second-order valence-electron chi connectivity index (χ2n) is 6.86.